The summed E-state index contributed by atoms with van der Waals surface area (Å²) in [6, 6.07) is 5.83. The van der Waals surface area contributed by atoms with Crippen LogP contribution in [0.1, 0.15) is 18.4 Å². The Morgan fingerprint density at radius 3 is 2.94 bits per heavy atom. The van der Waals surface area contributed by atoms with Gasteiger partial charge >= 0.3 is 0 Å². The Labute approximate surface area is 115 Å². The number of piperidine rings is 1. The number of nitrogen functional groups attached to an aromatic ring is 1. The monoisotopic (exact) mass is 311 g/mol. The molecule has 1 atom stereocenters. The minimum absolute atomic E-state index is 0.00805. The predicted molar refractivity (Wildman–Crippen MR) is 75.7 cm³/mol. The van der Waals surface area contributed by atoms with Crippen LogP contribution in [0.2, 0.25) is 0 Å². The van der Waals surface area contributed by atoms with Gasteiger partial charge in [-0.15, -0.1) is 0 Å². The number of nitrogens with zero attached hydrogens (tertiary/aromatic N) is 1. The van der Waals surface area contributed by atoms with Crippen molar-refractivity contribution in [1.29, 1.82) is 0 Å². The lowest BCUT2D eigenvalue weighted by Gasteiger charge is -2.31. The van der Waals surface area contributed by atoms with Crippen LogP contribution in [-0.4, -0.2) is 23.9 Å². The number of rotatable bonds is 3. The molecule has 0 aliphatic carbocycles. The molecule has 0 spiro atoms. The van der Waals surface area contributed by atoms with Gasteiger partial charge in [-0.2, -0.15) is 0 Å². The number of anilines is 1. The molecule has 18 heavy (non-hydrogen) atoms. The van der Waals surface area contributed by atoms with Gasteiger partial charge in [0.25, 0.3) is 0 Å². The minimum Gasteiger partial charge on any atom is -0.399 e. The van der Waals surface area contributed by atoms with Crippen molar-refractivity contribution in [2.24, 2.45) is 11.7 Å². The standard InChI is InChI=1S/C13H18BrN3O/c14-12-6-11(15)4-3-9(12)7-17-5-1-2-10(8-17)13(16)18/h3-4,6,10H,1-2,5,7-8,15H2,(H2,16,18). The highest BCUT2D eigenvalue weighted by Gasteiger charge is 2.24. The summed E-state index contributed by atoms with van der Waals surface area (Å²) in [6.07, 6.45) is 1.94. The van der Waals surface area contributed by atoms with Crippen molar-refractivity contribution in [1.82, 2.24) is 4.90 Å². The van der Waals surface area contributed by atoms with E-state index < -0.39 is 0 Å². The van der Waals surface area contributed by atoms with Crippen LogP contribution in [0.3, 0.4) is 0 Å². The summed E-state index contributed by atoms with van der Waals surface area (Å²) in [5.74, 6) is -0.192. The molecule has 1 aromatic carbocycles. The molecule has 1 fully saturated rings. The summed E-state index contributed by atoms with van der Waals surface area (Å²) >= 11 is 3.52. The van der Waals surface area contributed by atoms with E-state index in [4.69, 9.17) is 11.5 Å². The highest BCUT2D eigenvalue weighted by molar-refractivity contribution is 9.10. The van der Waals surface area contributed by atoms with Crippen LogP contribution in [0.4, 0.5) is 5.69 Å². The summed E-state index contributed by atoms with van der Waals surface area (Å²) in [7, 11) is 0. The number of carbonyl (C=O) groups is 1. The van der Waals surface area contributed by atoms with Gasteiger partial charge in [-0.3, -0.25) is 9.69 Å². The molecule has 0 saturated carbocycles. The van der Waals surface area contributed by atoms with Crippen LogP contribution in [0.5, 0.6) is 0 Å². The number of amides is 1. The van der Waals surface area contributed by atoms with Gasteiger partial charge < -0.3 is 11.5 Å². The first kappa shape index (κ1) is 13.4. The van der Waals surface area contributed by atoms with Crippen molar-refractivity contribution in [3.63, 3.8) is 0 Å². The quantitative estimate of drug-likeness (QED) is 0.835. The molecule has 4 nitrogen and oxygen atoms in total. The van der Waals surface area contributed by atoms with Crippen LogP contribution in [-0.2, 0) is 11.3 Å². The minimum atomic E-state index is -0.184. The Morgan fingerprint density at radius 1 is 1.50 bits per heavy atom. The Bertz CT molecular complexity index is 450. The average Bonchev–Trinajstić information content (AvgIpc) is 2.33. The highest BCUT2D eigenvalue weighted by atomic mass is 79.9. The summed E-state index contributed by atoms with van der Waals surface area (Å²) in [6.45, 7) is 2.59. The highest BCUT2D eigenvalue weighted by Crippen LogP contribution is 2.24. The maximum Gasteiger partial charge on any atom is 0.221 e. The first-order valence-electron chi connectivity index (χ1n) is 6.12. The lowest BCUT2D eigenvalue weighted by atomic mass is 9.97. The molecule has 1 amide bonds. The first-order chi connectivity index (χ1) is 8.56. The summed E-state index contributed by atoms with van der Waals surface area (Å²) in [5, 5.41) is 0. The fraction of sp³-hybridized carbons (Fsp3) is 0.462. The Balaban J connectivity index is 2.02. The fourth-order valence-corrected chi connectivity index (χ4v) is 2.89. The van der Waals surface area contributed by atoms with Crippen LogP contribution in [0.15, 0.2) is 22.7 Å². The molecule has 0 bridgehead atoms. The number of likely N-dealkylation sites (tertiary alicyclic amines) is 1. The van der Waals surface area contributed by atoms with Crippen LogP contribution in [0.25, 0.3) is 0 Å². The predicted octanol–water partition coefficient (Wildman–Crippen LogP) is 1.73. The van der Waals surface area contributed by atoms with Crippen LogP contribution >= 0.6 is 15.9 Å². The van der Waals surface area contributed by atoms with Gasteiger partial charge in [-0.25, -0.2) is 0 Å². The number of primary amides is 1. The van der Waals surface area contributed by atoms with Gasteiger partial charge in [-0.1, -0.05) is 22.0 Å². The van der Waals surface area contributed by atoms with Gasteiger partial charge in [0.05, 0.1) is 5.92 Å². The van der Waals surface area contributed by atoms with Crippen molar-refractivity contribution in [3.05, 3.63) is 28.2 Å². The molecule has 0 radical (unpaired) electrons. The van der Waals surface area contributed by atoms with E-state index in [2.05, 4.69) is 20.8 Å². The second kappa shape index (κ2) is 5.71. The molecule has 1 heterocycles. The third-order valence-corrected chi connectivity index (χ3v) is 4.12. The second-order valence-electron chi connectivity index (χ2n) is 4.83. The molecule has 1 aromatic rings. The maximum absolute atomic E-state index is 11.2. The third kappa shape index (κ3) is 3.23. The van der Waals surface area contributed by atoms with E-state index in [1.165, 1.54) is 5.56 Å². The summed E-state index contributed by atoms with van der Waals surface area (Å²) in [5.41, 5.74) is 13.0. The Kier molecular flexibility index (Phi) is 4.24. The van der Waals surface area contributed by atoms with E-state index in [1.807, 2.05) is 18.2 Å². The Hall–Kier alpha value is -1.07. The van der Waals surface area contributed by atoms with Crippen molar-refractivity contribution < 1.29 is 4.79 Å². The molecular weight excluding hydrogens is 294 g/mol. The second-order valence-corrected chi connectivity index (χ2v) is 5.68. The number of carbonyl (C=O) groups excluding carboxylic acids is 1. The fourth-order valence-electron chi connectivity index (χ4n) is 2.36. The molecule has 0 aromatic heterocycles. The van der Waals surface area contributed by atoms with Crippen LogP contribution in [0, 0.1) is 5.92 Å². The molecule has 1 aliphatic heterocycles. The van der Waals surface area contributed by atoms with E-state index >= 15 is 0 Å². The zero-order chi connectivity index (χ0) is 13.1. The molecule has 4 N–H and O–H groups in total. The Morgan fingerprint density at radius 2 is 2.28 bits per heavy atom. The van der Waals surface area contributed by atoms with Gasteiger partial charge in [0.15, 0.2) is 0 Å². The number of nitrogens with two attached hydrogens (primary N) is 2. The molecule has 98 valence electrons. The number of hydrogen-bond donors (Lipinski definition) is 2. The van der Waals surface area contributed by atoms with Gasteiger partial charge in [-0.05, 0) is 37.1 Å². The molecule has 5 heteroatoms. The van der Waals surface area contributed by atoms with Crippen LogP contribution < -0.4 is 11.5 Å². The van der Waals surface area contributed by atoms with E-state index in [0.717, 1.165) is 42.6 Å². The molecule has 2 rings (SSSR count). The average molecular weight is 312 g/mol. The molecule has 1 saturated heterocycles. The molecule has 1 aliphatic rings. The zero-order valence-corrected chi connectivity index (χ0v) is 11.8. The van der Waals surface area contributed by atoms with Gasteiger partial charge in [0, 0.05) is 23.2 Å². The van der Waals surface area contributed by atoms with E-state index in [9.17, 15) is 4.79 Å². The summed E-state index contributed by atoms with van der Waals surface area (Å²) < 4.78 is 1.02. The third-order valence-electron chi connectivity index (χ3n) is 3.38. The normalized spacial score (nSPS) is 20.8. The largest absolute Gasteiger partial charge is 0.399 e. The van der Waals surface area contributed by atoms with E-state index in [0.29, 0.717) is 0 Å². The topological polar surface area (TPSA) is 72.4 Å². The lowest BCUT2D eigenvalue weighted by molar-refractivity contribution is -0.123. The van der Waals surface area contributed by atoms with E-state index in [1.54, 1.807) is 0 Å². The van der Waals surface area contributed by atoms with Gasteiger partial charge in [0.1, 0.15) is 0 Å². The SMILES string of the molecule is NC(=O)C1CCCN(Cc2ccc(N)cc2Br)C1. The summed E-state index contributed by atoms with van der Waals surface area (Å²) in [4.78, 5) is 13.5. The first-order valence-corrected chi connectivity index (χ1v) is 6.91. The van der Waals surface area contributed by atoms with Crippen molar-refractivity contribution in [2.75, 3.05) is 18.8 Å². The smallest absolute Gasteiger partial charge is 0.221 e. The lowest BCUT2D eigenvalue weighted by Crippen LogP contribution is -2.40. The van der Waals surface area contributed by atoms with Crippen molar-refractivity contribution >= 4 is 27.5 Å². The molecule has 1 unspecified atom stereocenters. The maximum atomic E-state index is 11.2. The number of hydrogen-bond acceptors (Lipinski definition) is 3. The number of halogens is 1. The van der Waals surface area contributed by atoms with Gasteiger partial charge in [0.2, 0.25) is 5.91 Å². The van der Waals surface area contributed by atoms with Crippen molar-refractivity contribution in [3.8, 4) is 0 Å². The number of benzene rings is 1. The zero-order valence-electron chi connectivity index (χ0n) is 10.2. The molecular formula is C13H18BrN3O. The van der Waals surface area contributed by atoms with E-state index in [-0.39, 0.29) is 11.8 Å². The van der Waals surface area contributed by atoms with Crippen molar-refractivity contribution in [2.45, 2.75) is 19.4 Å².